The minimum atomic E-state index is -0.653. The molecule has 0 spiro atoms. The molecule has 5 N–H and O–H groups in total. The zero-order valence-electron chi connectivity index (χ0n) is 40.9. The van der Waals surface area contributed by atoms with E-state index in [-0.39, 0.29) is 0 Å². The fourth-order valence-electron chi connectivity index (χ4n) is 8.04. The molecule has 0 aliphatic heterocycles. The Hall–Kier alpha value is -0.690. The van der Waals surface area contributed by atoms with Gasteiger partial charge in [0.2, 0.25) is 0 Å². The van der Waals surface area contributed by atoms with Crippen LogP contribution in [-0.2, 0) is 4.79 Å². The van der Waals surface area contributed by atoms with Gasteiger partial charge in [-0.3, -0.25) is 4.79 Å². The first-order valence-electron chi connectivity index (χ1n) is 27.3. The summed E-state index contributed by atoms with van der Waals surface area (Å²) in [5, 5.41) is 43.2. The standard InChI is InChI=1S/C18H36O2.2C18H38O2/c1-2-3-4-5-6-7-8-9-10-11-12-13-14-15-16-17-18(19)20;2*19-17-15-13-11-9-7-5-3-1-2-4-6-8-10-12-14-16-18-20/h2-17H2,1H3,(H,19,20);2*19-20H,1-18H2. The van der Waals surface area contributed by atoms with Gasteiger partial charge in [0.25, 0.3) is 0 Å². The minimum absolute atomic E-state index is 0.345. The van der Waals surface area contributed by atoms with Crippen molar-refractivity contribution in [3.63, 3.8) is 0 Å². The van der Waals surface area contributed by atoms with Gasteiger partial charge in [-0.2, -0.15) is 0 Å². The summed E-state index contributed by atoms with van der Waals surface area (Å²) in [6, 6.07) is 0. The van der Waals surface area contributed by atoms with E-state index >= 15 is 0 Å². The van der Waals surface area contributed by atoms with E-state index in [0.29, 0.717) is 32.8 Å². The average Bonchev–Trinajstić information content (AvgIpc) is 3.25. The molecule has 0 atom stereocenters. The van der Waals surface area contributed by atoms with Crippen LogP contribution < -0.4 is 0 Å². The fraction of sp³-hybridized carbons (Fsp3) is 0.981. The van der Waals surface area contributed by atoms with Gasteiger partial charge in [-0.1, -0.05) is 277 Å². The highest BCUT2D eigenvalue weighted by Crippen LogP contribution is 2.16. The number of hydrogen-bond acceptors (Lipinski definition) is 5. The molecule has 0 amide bonds. The van der Waals surface area contributed by atoms with Crippen molar-refractivity contribution in [3.05, 3.63) is 0 Å². The quantitative estimate of drug-likeness (QED) is 0.0389. The molecule has 0 radical (unpaired) electrons. The van der Waals surface area contributed by atoms with Crippen LogP contribution in [0.15, 0.2) is 0 Å². The highest BCUT2D eigenvalue weighted by molar-refractivity contribution is 5.66. The molecule has 0 aliphatic carbocycles. The molecule has 0 unspecified atom stereocenters. The maximum absolute atomic E-state index is 10.3. The summed E-state index contributed by atoms with van der Waals surface area (Å²) in [6.07, 6.45) is 62.1. The highest BCUT2D eigenvalue weighted by atomic mass is 16.4. The third-order valence-electron chi connectivity index (χ3n) is 12.1. The van der Waals surface area contributed by atoms with E-state index in [9.17, 15) is 4.79 Å². The Morgan fingerprint density at radius 3 is 0.500 bits per heavy atom. The van der Waals surface area contributed by atoms with Crippen molar-refractivity contribution in [2.45, 2.75) is 315 Å². The first-order chi connectivity index (χ1) is 29.6. The number of carbonyl (C=O) groups is 1. The molecule has 364 valence electrons. The number of aliphatic hydroxyl groups excluding tert-OH is 4. The maximum atomic E-state index is 10.3. The lowest BCUT2D eigenvalue weighted by atomic mass is 10.0. The number of aliphatic hydroxyl groups is 4. The van der Waals surface area contributed by atoms with Gasteiger partial charge in [0.1, 0.15) is 0 Å². The molecule has 0 heterocycles. The number of rotatable bonds is 50. The third-order valence-corrected chi connectivity index (χ3v) is 12.1. The molecular formula is C54H112O6. The lowest BCUT2D eigenvalue weighted by molar-refractivity contribution is -0.137. The smallest absolute Gasteiger partial charge is 0.303 e. The van der Waals surface area contributed by atoms with Crippen LogP contribution in [0.2, 0.25) is 0 Å². The molecular weight excluding hydrogens is 745 g/mol. The molecule has 6 heteroatoms. The summed E-state index contributed by atoms with van der Waals surface area (Å²) in [4.78, 5) is 10.3. The van der Waals surface area contributed by atoms with Crippen LogP contribution in [0.25, 0.3) is 0 Å². The molecule has 60 heavy (non-hydrogen) atoms. The van der Waals surface area contributed by atoms with Crippen LogP contribution in [0.3, 0.4) is 0 Å². The van der Waals surface area contributed by atoms with Gasteiger partial charge in [0.05, 0.1) is 0 Å². The first-order valence-corrected chi connectivity index (χ1v) is 27.3. The van der Waals surface area contributed by atoms with Crippen molar-refractivity contribution in [2.75, 3.05) is 26.4 Å². The van der Waals surface area contributed by atoms with E-state index in [1.807, 2.05) is 0 Å². The van der Waals surface area contributed by atoms with Crippen LogP contribution in [-0.4, -0.2) is 57.9 Å². The molecule has 0 fully saturated rings. The Morgan fingerprint density at radius 1 is 0.233 bits per heavy atom. The Balaban J connectivity index is -0.000000812. The van der Waals surface area contributed by atoms with Crippen molar-refractivity contribution in [1.29, 1.82) is 0 Å². The predicted molar refractivity (Wildman–Crippen MR) is 263 cm³/mol. The largest absolute Gasteiger partial charge is 0.481 e. The molecule has 0 aromatic rings. The lowest BCUT2D eigenvalue weighted by Gasteiger charge is -2.03. The maximum Gasteiger partial charge on any atom is 0.303 e. The third kappa shape index (κ3) is 71.8. The van der Waals surface area contributed by atoms with E-state index in [2.05, 4.69) is 6.92 Å². The second-order valence-electron chi connectivity index (χ2n) is 18.3. The number of aliphatic carboxylic acids is 1. The zero-order valence-corrected chi connectivity index (χ0v) is 40.9. The van der Waals surface area contributed by atoms with E-state index in [4.69, 9.17) is 25.5 Å². The number of hydrogen-bond donors (Lipinski definition) is 5. The van der Waals surface area contributed by atoms with Gasteiger partial charge < -0.3 is 25.5 Å². The van der Waals surface area contributed by atoms with Crippen LogP contribution in [0, 0.1) is 0 Å². The van der Waals surface area contributed by atoms with Gasteiger partial charge in [-0.05, 0) is 32.1 Å². The Labute approximate surface area is 376 Å². The normalized spacial score (nSPS) is 11.0. The van der Waals surface area contributed by atoms with Gasteiger partial charge >= 0.3 is 5.97 Å². The molecule has 0 aromatic carbocycles. The number of unbranched alkanes of at least 4 members (excludes halogenated alkanes) is 44. The second-order valence-corrected chi connectivity index (χ2v) is 18.3. The Kier molecular flexibility index (Phi) is 68.8. The number of carboxylic acids is 1. The van der Waals surface area contributed by atoms with Crippen molar-refractivity contribution < 1.29 is 30.3 Å². The molecule has 6 nitrogen and oxygen atoms in total. The van der Waals surface area contributed by atoms with Crippen LogP contribution in [0.5, 0.6) is 0 Å². The monoisotopic (exact) mass is 857 g/mol. The molecule has 0 aromatic heterocycles. The van der Waals surface area contributed by atoms with E-state index in [1.165, 1.54) is 263 Å². The molecule has 0 aliphatic rings. The molecule has 0 bridgehead atoms. The van der Waals surface area contributed by atoms with Gasteiger partial charge in [0, 0.05) is 32.8 Å². The van der Waals surface area contributed by atoms with E-state index in [0.717, 1.165) is 38.5 Å². The second kappa shape index (κ2) is 64.9. The summed E-state index contributed by atoms with van der Waals surface area (Å²) in [5.41, 5.74) is 0. The van der Waals surface area contributed by atoms with Crippen molar-refractivity contribution >= 4 is 5.97 Å². The van der Waals surface area contributed by atoms with Gasteiger partial charge in [-0.25, -0.2) is 0 Å². The Morgan fingerprint density at radius 2 is 0.367 bits per heavy atom. The van der Waals surface area contributed by atoms with Crippen LogP contribution in [0.4, 0.5) is 0 Å². The SMILES string of the molecule is CCCCCCCCCCCCCCCCCC(=O)O.OCCCCCCCCCCCCCCCCCCO.OCCCCCCCCCCCCCCCCCCO. The summed E-state index contributed by atoms with van der Waals surface area (Å²) >= 11 is 0. The van der Waals surface area contributed by atoms with Gasteiger partial charge in [0.15, 0.2) is 0 Å². The van der Waals surface area contributed by atoms with Crippen molar-refractivity contribution in [2.24, 2.45) is 0 Å². The summed E-state index contributed by atoms with van der Waals surface area (Å²) in [5.74, 6) is -0.653. The zero-order chi connectivity index (χ0) is 44.3. The summed E-state index contributed by atoms with van der Waals surface area (Å²) in [7, 11) is 0. The van der Waals surface area contributed by atoms with Crippen molar-refractivity contribution in [1.82, 2.24) is 0 Å². The first kappa shape index (κ1) is 63.6. The highest BCUT2D eigenvalue weighted by Gasteiger charge is 1.99. The van der Waals surface area contributed by atoms with Crippen LogP contribution in [0.1, 0.15) is 315 Å². The van der Waals surface area contributed by atoms with Crippen LogP contribution >= 0.6 is 0 Å². The fourth-order valence-corrected chi connectivity index (χ4v) is 8.04. The molecule has 0 saturated heterocycles. The molecule has 0 rings (SSSR count). The predicted octanol–water partition coefficient (Wildman–Crippen LogP) is 16.8. The summed E-state index contributed by atoms with van der Waals surface area (Å²) in [6.45, 7) is 3.72. The summed E-state index contributed by atoms with van der Waals surface area (Å²) < 4.78 is 0. The van der Waals surface area contributed by atoms with Crippen molar-refractivity contribution in [3.8, 4) is 0 Å². The van der Waals surface area contributed by atoms with Gasteiger partial charge in [-0.15, -0.1) is 0 Å². The molecule has 0 saturated carbocycles. The number of carboxylic acid groups (broad SMARTS) is 1. The minimum Gasteiger partial charge on any atom is -0.481 e. The Bertz CT molecular complexity index is 632. The van der Waals surface area contributed by atoms with E-state index in [1.54, 1.807) is 0 Å². The topological polar surface area (TPSA) is 118 Å². The lowest BCUT2D eigenvalue weighted by Crippen LogP contribution is -1.93. The average molecular weight is 857 g/mol. The van der Waals surface area contributed by atoms with E-state index < -0.39 is 5.97 Å².